The largest absolute Gasteiger partial charge is 0.458 e. The molecule has 1 aliphatic rings. The predicted octanol–water partition coefficient (Wildman–Crippen LogP) is 4.11. The van der Waals surface area contributed by atoms with Gasteiger partial charge in [0.05, 0.1) is 11.3 Å². The van der Waals surface area contributed by atoms with E-state index < -0.39 is 0 Å². The van der Waals surface area contributed by atoms with Crippen LogP contribution >= 0.6 is 0 Å². The lowest BCUT2D eigenvalue weighted by molar-refractivity contribution is 0.0958. The van der Waals surface area contributed by atoms with E-state index >= 15 is 0 Å². The summed E-state index contributed by atoms with van der Waals surface area (Å²) in [5.41, 5.74) is 1.05. The molecule has 0 aliphatic carbocycles. The molecule has 0 radical (unpaired) electrons. The fourth-order valence-corrected chi connectivity index (χ4v) is 2.20. The van der Waals surface area contributed by atoms with Crippen molar-refractivity contribution in [3.05, 3.63) is 41.3 Å². The molecule has 0 saturated carbocycles. The third-order valence-electron chi connectivity index (χ3n) is 3.24. The van der Waals surface area contributed by atoms with Gasteiger partial charge in [-0.05, 0) is 12.1 Å². The molecule has 1 aliphatic heterocycles. The summed E-state index contributed by atoms with van der Waals surface area (Å²) >= 11 is 0. The van der Waals surface area contributed by atoms with E-state index in [1.54, 1.807) is 6.07 Å². The highest BCUT2D eigenvalue weighted by Crippen LogP contribution is 2.39. The second-order valence-corrected chi connectivity index (χ2v) is 7.26. The van der Waals surface area contributed by atoms with E-state index in [4.69, 9.17) is 4.74 Å². The summed E-state index contributed by atoms with van der Waals surface area (Å²) in [6.07, 6.45) is 0. The van der Waals surface area contributed by atoms with Crippen molar-refractivity contribution in [1.82, 2.24) is 5.32 Å². The maximum absolute atomic E-state index is 12.4. The van der Waals surface area contributed by atoms with Gasteiger partial charge in [0, 0.05) is 10.8 Å². The molecular weight excluding hydrogens is 250 g/mol. The molecule has 0 fully saturated rings. The van der Waals surface area contributed by atoms with Crippen molar-refractivity contribution in [2.24, 2.45) is 10.8 Å². The molecular formula is C17H23NO2. The minimum atomic E-state index is -0.194. The second-order valence-electron chi connectivity index (χ2n) is 7.26. The van der Waals surface area contributed by atoms with E-state index in [-0.39, 0.29) is 16.7 Å². The summed E-state index contributed by atoms with van der Waals surface area (Å²) in [5, 5.41) is 3.05. The summed E-state index contributed by atoms with van der Waals surface area (Å²) in [5.74, 6) is 1.34. The summed E-state index contributed by atoms with van der Waals surface area (Å²) in [6, 6.07) is 7.36. The number of carbonyl (C=O) groups excluding carboxylic acids is 1. The average Bonchev–Trinajstić information content (AvgIpc) is 2.46. The lowest BCUT2D eigenvalue weighted by atomic mass is 9.83. The molecule has 2 rings (SSSR count). The Morgan fingerprint density at radius 2 is 1.55 bits per heavy atom. The molecule has 3 heteroatoms. The Balaban J connectivity index is 2.64. The van der Waals surface area contributed by atoms with E-state index in [0.29, 0.717) is 11.3 Å². The third kappa shape index (κ3) is 2.72. The Morgan fingerprint density at radius 3 is 2.10 bits per heavy atom. The van der Waals surface area contributed by atoms with Gasteiger partial charge in [-0.1, -0.05) is 53.7 Å². The molecule has 1 aromatic rings. The topological polar surface area (TPSA) is 38.3 Å². The van der Waals surface area contributed by atoms with Gasteiger partial charge in [0.2, 0.25) is 0 Å². The normalized spacial score (nSPS) is 16.2. The molecule has 3 nitrogen and oxygen atoms in total. The molecule has 0 aromatic heterocycles. The first kappa shape index (κ1) is 14.6. The first-order valence-electron chi connectivity index (χ1n) is 6.94. The van der Waals surface area contributed by atoms with Crippen LogP contribution in [0.3, 0.4) is 0 Å². The van der Waals surface area contributed by atoms with Crippen LogP contribution in [0.5, 0.6) is 5.75 Å². The van der Waals surface area contributed by atoms with Gasteiger partial charge in [0.1, 0.15) is 11.5 Å². The molecule has 0 atom stereocenters. The van der Waals surface area contributed by atoms with Crippen molar-refractivity contribution < 1.29 is 9.53 Å². The molecule has 1 aromatic carbocycles. The van der Waals surface area contributed by atoms with Crippen LogP contribution in [0.15, 0.2) is 35.7 Å². The summed E-state index contributed by atoms with van der Waals surface area (Å²) < 4.78 is 6.13. The lowest BCUT2D eigenvalue weighted by Crippen LogP contribution is -2.33. The van der Waals surface area contributed by atoms with Gasteiger partial charge in [-0.3, -0.25) is 4.79 Å². The van der Waals surface area contributed by atoms with Crippen LogP contribution in [0.2, 0.25) is 0 Å². The van der Waals surface area contributed by atoms with E-state index in [9.17, 15) is 4.79 Å². The van der Waals surface area contributed by atoms with Crippen LogP contribution in [-0.4, -0.2) is 5.91 Å². The smallest absolute Gasteiger partial charge is 0.259 e. The molecule has 20 heavy (non-hydrogen) atoms. The summed E-state index contributed by atoms with van der Waals surface area (Å²) in [7, 11) is 0. The standard InChI is InChI=1S/C17H23NO2/c1-16(2,3)13-14(17(4,5)6)20-12-10-8-7-9-11(12)15(19)18-13/h7-10H,1-6H3,(H,18,19). The number of allylic oxidation sites excluding steroid dienone is 2. The van der Waals surface area contributed by atoms with Crippen LogP contribution < -0.4 is 10.1 Å². The Morgan fingerprint density at radius 1 is 0.950 bits per heavy atom. The maximum atomic E-state index is 12.4. The highest BCUT2D eigenvalue weighted by atomic mass is 16.5. The number of hydrogen-bond donors (Lipinski definition) is 1. The lowest BCUT2D eigenvalue weighted by Gasteiger charge is -2.31. The molecule has 0 saturated heterocycles. The number of fused-ring (bicyclic) bond motifs is 1. The molecule has 1 N–H and O–H groups in total. The van der Waals surface area contributed by atoms with E-state index in [1.807, 2.05) is 18.2 Å². The van der Waals surface area contributed by atoms with Gasteiger partial charge in [-0.2, -0.15) is 0 Å². The monoisotopic (exact) mass is 273 g/mol. The number of amides is 1. The van der Waals surface area contributed by atoms with Crippen molar-refractivity contribution >= 4 is 5.91 Å². The highest BCUT2D eigenvalue weighted by Gasteiger charge is 2.34. The summed E-state index contributed by atoms with van der Waals surface area (Å²) in [4.78, 5) is 12.4. The van der Waals surface area contributed by atoms with Gasteiger partial charge < -0.3 is 10.1 Å². The first-order valence-corrected chi connectivity index (χ1v) is 6.94. The average molecular weight is 273 g/mol. The van der Waals surface area contributed by atoms with Gasteiger partial charge in [0.25, 0.3) is 5.91 Å². The number of para-hydroxylation sites is 1. The van der Waals surface area contributed by atoms with Crippen molar-refractivity contribution in [3.8, 4) is 5.75 Å². The third-order valence-corrected chi connectivity index (χ3v) is 3.24. The van der Waals surface area contributed by atoms with Gasteiger partial charge in [-0.15, -0.1) is 0 Å². The maximum Gasteiger partial charge on any atom is 0.259 e. The fraction of sp³-hybridized carbons (Fsp3) is 0.471. The zero-order chi connectivity index (χ0) is 15.1. The van der Waals surface area contributed by atoms with Crippen LogP contribution in [0.1, 0.15) is 51.9 Å². The fourth-order valence-electron chi connectivity index (χ4n) is 2.20. The van der Waals surface area contributed by atoms with Crippen molar-refractivity contribution in [1.29, 1.82) is 0 Å². The van der Waals surface area contributed by atoms with Gasteiger partial charge >= 0.3 is 0 Å². The Hall–Kier alpha value is -1.77. The van der Waals surface area contributed by atoms with Crippen molar-refractivity contribution in [2.75, 3.05) is 0 Å². The quantitative estimate of drug-likeness (QED) is 0.772. The van der Waals surface area contributed by atoms with E-state index in [1.165, 1.54) is 0 Å². The highest BCUT2D eigenvalue weighted by molar-refractivity contribution is 5.98. The second kappa shape index (κ2) is 4.65. The number of hydrogen-bond acceptors (Lipinski definition) is 2. The Kier molecular flexibility index (Phi) is 3.41. The van der Waals surface area contributed by atoms with Crippen LogP contribution in [0.4, 0.5) is 0 Å². The zero-order valence-electron chi connectivity index (χ0n) is 13.1. The Labute approximate surface area is 121 Å². The van der Waals surface area contributed by atoms with Crippen LogP contribution in [-0.2, 0) is 0 Å². The number of ether oxygens (including phenoxy) is 1. The van der Waals surface area contributed by atoms with E-state index in [2.05, 4.69) is 46.9 Å². The van der Waals surface area contributed by atoms with Crippen LogP contribution in [0.25, 0.3) is 0 Å². The Bertz CT molecular complexity index is 571. The summed E-state index contributed by atoms with van der Waals surface area (Å²) in [6.45, 7) is 12.5. The van der Waals surface area contributed by atoms with Crippen molar-refractivity contribution in [3.63, 3.8) is 0 Å². The minimum Gasteiger partial charge on any atom is -0.458 e. The van der Waals surface area contributed by atoms with Crippen molar-refractivity contribution in [2.45, 2.75) is 41.5 Å². The number of rotatable bonds is 0. The zero-order valence-corrected chi connectivity index (χ0v) is 13.1. The number of benzene rings is 1. The SMILES string of the molecule is CC(C)(C)C1=C(C(C)(C)C)Oc2ccccc2C(=O)N1. The molecule has 0 bridgehead atoms. The first-order chi connectivity index (χ1) is 9.10. The predicted molar refractivity (Wildman–Crippen MR) is 80.5 cm³/mol. The van der Waals surface area contributed by atoms with Gasteiger partial charge in [-0.25, -0.2) is 0 Å². The number of carbonyl (C=O) groups is 1. The van der Waals surface area contributed by atoms with E-state index in [0.717, 1.165) is 11.5 Å². The molecule has 1 heterocycles. The van der Waals surface area contributed by atoms with Crippen LogP contribution in [0, 0.1) is 10.8 Å². The van der Waals surface area contributed by atoms with Gasteiger partial charge in [0.15, 0.2) is 0 Å². The molecule has 1 amide bonds. The molecule has 108 valence electrons. The number of nitrogens with one attached hydrogen (secondary N) is 1. The molecule has 0 spiro atoms. The minimum absolute atomic E-state index is 0.107. The molecule has 0 unspecified atom stereocenters.